The molecule has 0 amide bonds. The van der Waals surface area contributed by atoms with Gasteiger partial charge in [-0.15, -0.1) is 11.8 Å². The van der Waals surface area contributed by atoms with Gasteiger partial charge in [0.15, 0.2) is 5.82 Å². The summed E-state index contributed by atoms with van der Waals surface area (Å²) in [4.78, 5) is 4.22. The van der Waals surface area contributed by atoms with E-state index in [2.05, 4.69) is 23.1 Å². The molecule has 1 aromatic carbocycles. The zero-order valence-corrected chi connectivity index (χ0v) is 12.9. The summed E-state index contributed by atoms with van der Waals surface area (Å²) in [5.74, 6) is 3.01. The van der Waals surface area contributed by atoms with Crippen LogP contribution in [0.5, 0.6) is 5.75 Å². The highest BCUT2D eigenvalue weighted by Gasteiger charge is 2.12. The van der Waals surface area contributed by atoms with E-state index in [-0.39, 0.29) is 5.25 Å². The van der Waals surface area contributed by atoms with Crippen molar-refractivity contribution in [1.29, 1.82) is 5.26 Å². The van der Waals surface area contributed by atoms with Crippen molar-refractivity contribution in [1.82, 2.24) is 10.1 Å². The number of nitrogens with zero attached hydrogens (tertiary/aromatic N) is 3. The number of thioether (sulfide) groups is 1. The van der Waals surface area contributed by atoms with E-state index >= 15 is 0 Å². The second kappa shape index (κ2) is 7.70. The van der Waals surface area contributed by atoms with E-state index in [1.54, 1.807) is 23.9 Å². The van der Waals surface area contributed by atoms with Crippen molar-refractivity contribution < 1.29 is 9.26 Å². The zero-order chi connectivity index (χ0) is 15.1. The van der Waals surface area contributed by atoms with Crippen molar-refractivity contribution in [2.45, 2.75) is 25.5 Å². The number of aryl methyl sites for hydroxylation is 1. The van der Waals surface area contributed by atoms with Crippen LogP contribution in [0, 0.1) is 18.3 Å². The van der Waals surface area contributed by atoms with Crippen LogP contribution >= 0.6 is 11.8 Å². The van der Waals surface area contributed by atoms with Crippen LogP contribution in [0.15, 0.2) is 28.8 Å². The molecule has 0 fully saturated rings. The number of ether oxygens (including phenoxy) is 1. The highest BCUT2D eigenvalue weighted by Crippen LogP contribution is 2.27. The van der Waals surface area contributed by atoms with Gasteiger partial charge in [-0.25, -0.2) is 0 Å². The Hall–Kier alpha value is -2.00. The number of hydrogen-bond donors (Lipinski definition) is 0. The number of benzene rings is 1. The van der Waals surface area contributed by atoms with E-state index in [1.807, 2.05) is 19.1 Å². The van der Waals surface area contributed by atoms with Crippen LogP contribution in [0.3, 0.4) is 0 Å². The van der Waals surface area contributed by atoms with Crippen molar-refractivity contribution in [2.75, 3.05) is 12.4 Å². The minimum Gasteiger partial charge on any atom is -0.494 e. The minimum absolute atomic E-state index is 0.188. The fraction of sp³-hybridized carbons (Fsp3) is 0.400. The van der Waals surface area contributed by atoms with Crippen LogP contribution in [-0.2, 0) is 0 Å². The highest BCUT2D eigenvalue weighted by atomic mass is 32.2. The first-order valence-corrected chi connectivity index (χ1v) is 7.78. The van der Waals surface area contributed by atoms with E-state index in [9.17, 15) is 0 Å². The lowest BCUT2D eigenvalue weighted by atomic mass is 10.2. The van der Waals surface area contributed by atoms with Gasteiger partial charge in [-0.3, -0.25) is 0 Å². The molecule has 0 saturated heterocycles. The van der Waals surface area contributed by atoms with Gasteiger partial charge in [-0.2, -0.15) is 10.2 Å². The monoisotopic (exact) mass is 303 g/mol. The van der Waals surface area contributed by atoms with Crippen LogP contribution in [-0.4, -0.2) is 22.5 Å². The molecule has 0 aliphatic rings. The summed E-state index contributed by atoms with van der Waals surface area (Å²) in [6, 6.07) is 9.29. The molecule has 110 valence electrons. The zero-order valence-electron chi connectivity index (χ0n) is 12.1. The maximum Gasteiger partial charge on any atom is 0.239 e. The number of hydrogen-bond acceptors (Lipinski definition) is 6. The number of rotatable bonds is 7. The number of aromatic nitrogens is 2. The smallest absolute Gasteiger partial charge is 0.239 e. The molecule has 21 heavy (non-hydrogen) atoms. The molecule has 0 N–H and O–H groups in total. The van der Waals surface area contributed by atoms with Gasteiger partial charge >= 0.3 is 0 Å². The van der Waals surface area contributed by atoms with Crippen LogP contribution in [0.1, 0.15) is 35.9 Å². The van der Waals surface area contributed by atoms with E-state index in [0.717, 1.165) is 17.9 Å². The van der Waals surface area contributed by atoms with Gasteiger partial charge < -0.3 is 9.26 Å². The maximum absolute atomic E-state index is 8.81. The Morgan fingerprint density at radius 2 is 2.33 bits per heavy atom. The Bertz CT molecular complexity index is 621. The summed E-state index contributed by atoms with van der Waals surface area (Å²) in [5, 5.41) is 12.8. The quantitative estimate of drug-likeness (QED) is 0.729. The lowest BCUT2D eigenvalue weighted by Crippen LogP contribution is -2.00. The molecule has 1 unspecified atom stereocenters. The molecule has 6 heteroatoms. The Kier molecular flexibility index (Phi) is 5.64. The number of nitriles is 1. The summed E-state index contributed by atoms with van der Waals surface area (Å²) < 4.78 is 10.8. The van der Waals surface area contributed by atoms with Crippen molar-refractivity contribution in [3.05, 3.63) is 41.5 Å². The third-order valence-corrected chi connectivity index (χ3v) is 4.01. The Balaban J connectivity index is 1.67. The van der Waals surface area contributed by atoms with Crippen LogP contribution in [0.25, 0.3) is 0 Å². The van der Waals surface area contributed by atoms with Gasteiger partial charge in [0.25, 0.3) is 0 Å². The second-order valence-electron chi connectivity index (χ2n) is 4.53. The third-order valence-electron chi connectivity index (χ3n) is 2.78. The van der Waals surface area contributed by atoms with Gasteiger partial charge in [-0.05, 0) is 44.2 Å². The average Bonchev–Trinajstić information content (AvgIpc) is 2.93. The maximum atomic E-state index is 8.81. The normalized spacial score (nSPS) is 11.9. The third kappa shape index (κ3) is 4.80. The highest BCUT2D eigenvalue weighted by molar-refractivity contribution is 7.99. The molecule has 0 aliphatic heterocycles. The van der Waals surface area contributed by atoms with Gasteiger partial charge in [0.1, 0.15) is 5.75 Å². The Labute approximate surface area is 128 Å². The van der Waals surface area contributed by atoms with Crippen molar-refractivity contribution in [2.24, 2.45) is 0 Å². The molecule has 0 aliphatic carbocycles. The molecule has 1 aromatic heterocycles. The van der Waals surface area contributed by atoms with Crippen molar-refractivity contribution in [3.63, 3.8) is 0 Å². The predicted octanol–water partition coefficient (Wildman–Crippen LogP) is 3.51. The predicted molar refractivity (Wildman–Crippen MR) is 81.2 cm³/mol. The van der Waals surface area contributed by atoms with Gasteiger partial charge in [0.2, 0.25) is 5.89 Å². The van der Waals surface area contributed by atoms with E-state index in [4.69, 9.17) is 14.5 Å². The molecule has 0 spiro atoms. The van der Waals surface area contributed by atoms with Crippen LogP contribution < -0.4 is 4.74 Å². The molecule has 2 aromatic rings. The lowest BCUT2D eigenvalue weighted by Gasteiger charge is -2.08. The summed E-state index contributed by atoms with van der Waals surface area (Å²) in [6.45, 7) is 4.49. The first-order chi connectivity index (χ1) is 10.2. The summed E-state index contributed by atoms with van der Waals surface area (Å²) >= 11 is 1.76. The Morgan fingerprint density at radius 3 is 3.05 bits per heavy atom. The average molecular weight is 303 g/mol. The summed E-state index contributed by atoms with van der Waals surface area (Å²) in [6.07, 6.45) is 0.916. The fourth-order valence-electron chi connectivity index (χ4n) is 1.71. The molecule has 0 saturated carbocycles. The van der Waals surface area contributed by atoms with E-state index in [0.29, 0.717) is 23.9 Å². The standard InChI is InChI=1S/C15H17N3O2S/c1-11(15-17-12(2)18-20-15)21-8-4-7-19-14-6-3-5-13(9-14)10-16/h3,5-6,9,11H,4,7-8H2,1-2H3. The van der Waals surface area contributed by atoms with Gasteiger partial charge in [-0.1, -0.05) is 11.2 Å². The molecule has 5 nitrogen and oxygen atoms in total. The molecular weight excluding hydrogens is 286 g/mol. The molecule has 2 rings (SSSR count). The van der Waals surface area contributed by atoms with Crippen molar-refractivity contribution in [3.8, 4) is 11.8 Å². The first-order valence-electron chi connectivity index (χ1n) is 6.74. The van der Waals surface area contributed by atoms with E-state index < -0.39 is 0 Å². The van der Waals surface area contributed by atoms with Crippen LogP contribution in [0.4, 0.5) is 0 Å². The molecule has 1 atom stereocenters. The summed E-state index contributed by atoms with van der Waals surface area (Å²) in [5.41, 5.74) is 0.613. The van der Waals surface area contributed by atoms with Gasteiger partial charge in [0, 0.05) is 0 Å². The molecule has 0 radical (unpaired) electrons. The summed E-state index contributed by atoms with van der Waals surface area (Å²) in [7, 11) is 0. The minimum atomic E-state index is 0.188. The second-order valence-corrected chi connectivity index (χ2v) is 5.98. The Morgan fingerprint density at radius 1 is 1.48 bits per heavy atom. The fourth-order valence-corrected chi connectivity index (χ4v) is 2.59. The first kappa shape index (κ1) is 15.4. The lowest BCUT2D eigenvalue weighted by molar-refractivity contribution is 0.318. The van der Waals surface area contributed by atoms with Gasteiger partial charge in [0.05, 0.1) is 23.5 Å². The van der Waals surface area contributed by atoms with E-state index in [1.165, 1.54) is 0 Å². The molecule has 1 heterocycles. The largest absolute Gasteiger partial charge is 0.494 e. The molecular formula is C15H17N3O2S. The topological polar surface area (TPSA) is 71.9 Å². The SMILES string of the molecule is Cc1noc(C(C)SCCCOc2cccc(C#N)c2)n1. The molecule has 0 bridgehead atoms. The van der Waals surface area contributed by atoms with Crippen LogP contribution in [0.2, 0.25) is 0 Å². The van der Waals surface area contributed by atoms with Crippen molar-refractivity contribution >= 4 is 11.8 Å².